The summed E-state index contributed by atoms with van der Waals surface area (Å²) < 4.78 is 6.57. The fourth-order valence-electron chi connectivity index (χ4n) is 2.40. The second-order valence-corrected chi connectivity index (χ2v) is 6.41. The Labute approximate surface area is 153 Å². The molecule has 26 heavy (non-hydrogen) atoms. The lowest BCUT2D eigenvalue weighted by molar-refractivity contribution is -0.116. The summed E-state index contributed by atoms with van der Waals surface area (Å²) >= 11 is 1.05. The highest BCUT2D eigenvalue weighted by atomic mass is 32.1. The van der Waals surface area contributed by atoms with Crippen molar-refractivity contribution < 1.29 is 14.0 Å². The molecule has 0 aliphatic heterocycles. The Bertz CT molecular complexity index is 972. The number of nitrogens with zero attached hydrogens (tertiary/aromatic N) is 1. The molecule has 0 spiro atoms. The van der Waals surface area contributed by atoms with Crippen LogP contribution in [0.3, 0.4) is 0 Å². The highest BCUT2D eigenvalue weighted by molar-refractivity contribution is 7.07. The quantitative estimate of drug-likeness (QED) is 0.696. The van der Waals surface area contributed by atoms with Crippen LogP contribution in [0.5, 0.6) is 0 Å². The zero-order valence-electron chi connectivity index (χ0n) is 14.0. The lowest BCUT2D eigenvalue weighted by Crippen LogP contribution is -2.27. The molecular weight excluding hydrogens is 354 g/mol. The van der Waals surface area contributed by atoms with E-state index in [2.05, 4.69) is 10.6 Å². The lowest BCUT2D eigenvalue weighted by Gasteiger charge is -2.11. The van der Waals surface area contributed by atoms with Crippen molar-refractivity contribution in [3.63, 3.8) is 0 Å². The molecular formula is C18H17N3O4S. The monoisotopic (exact) mass is 371 g/mol. The minimum absolute atomic E-state index is 0.101. The number of carbonyl (C=O) groups is 2. The molecule has 0 saturated carbocycles. The summed E-state index contributed by atoms with van der Waals surface area (Å²) in [5.74, 6) is -0.0757. The summed E-state index contributed by atoms with van der Waals surface area (Å²) in [7, 11) is 0. The molecule has 2 heterocycles. The molecule has 3 aromatic rings. The van der Waals surface area contributed by atoms with Crippen molar-refractivity contribution in [3.05, 3.63) is 74.7 Å². The van der Waals surface area contributed by atoms with Gasteiger partial charge in [-0.3, -0.25) is 19.0 Å². The van der Waals surface area contributed by atoms with Crippen molar-refractivity contribution in [3.8, 4) is 0 Å². The van der Waals surface area contributed by atoms with E-state index in [-0.39, 0.29) is 29.8 Å². The normalized spacial score (nSPS) is 10.5. The molecule has 134 valence electrons. The molecule has 0 aliphatic rings. The summed E-state index contributed by atoms with van der Waals surface area (Å²) in [6.07, 6.45) is 1.53. The largest absolute Gasteiger partial charge is 0.467 e. The molecule has 2 N–H and O–H groups in total. The van der Waals surface area contributed by atoms with Crippen LogP contribution in [-0.4, -0.2) is 16.4 Å². The maximum absolute atomic E-state index is 12.4. The average molecular weight is 371 g/mol. The molecule has 2 amide bonds. The Hall–Kier alpha value is -3.13. The van der Waals surface area contributed by atoms with Gasteiger partial charge in [-0.25, -0.2) is 0 Å². The van der Waals surface area contributed by atoms with E-state index < -0.39 is 0 Å². The van der Waals surface area contributed by atoms with Gasteiger partial charge in [0.2, 0.25) is 5.91 Å². The van der Waals surface area contributed by atoms with Crippen LogP contribution in [0.2, 0.25) is 0 Å². The standard InChI is InChI=1S/C18H17N3O4S/c1-12-11-26-18(24)21(12)10-16(22)20-15-7-3-2-6-14(15)17(23)19-9-13-5-4-8-25-13/h2-8,11H,9-10H2,1H3,(H,19,23)(H,20,22). The van der Waals surface area contributed by atoms with Gasteiger partial charge in [-0.2, -0.15) is 0 Å². The fraction of sp³-hybridized carbons (Fsp3) is 0.167. The zero-order valence-corrected chi connectivity index (χ0v) is 14.8. The van der Waals surface area contributed by atoms with Crippen LogP contribution in [0.25, 0.3) is 0 Å². The third-order valence-corrected chi connectivity index (χ3v) is 4.61. The average Bonchev–Trinajstić information content (AvgIpc) is 3.25. The number of anilines is 1. The van der Waals surface area contributed by atoms with Crippen molar-refractivity contribution in [2.45, 2.75) is 20.0 Å². The summed E-state index contributed by atoms with van der Waals surface area (Å²) in [5.41, 5.74) is 1.44. The number of furan rings is 1. The van der Waals surface area contributed by atoms with Crippen molar-refractivity contribution >= 4 is 28.8 Å². The number of para-hydroxylation sites is 1. The van der Waals surface area contributed by atoms with E-state index in [1.54, 1.807) is 48.7 Å². The number of aromatic nitrogens is 1. The van der Waals surface area contributed by atoms with Gasteiger partial charge in [0.05, 0.1) is 24.1 Å². The molecule has 3 rings (SSSR count). The van der Waals surface area contributed by atoms with Gasteiger partial charge in [0.1, 0.15) is 12.3 Å². The van der Waals surface area contributed by atoms with E-state index in [0.29, 0.717) is 17.0 Å². The summed E-state index contributed by atoms with van der Waals surface area (Å²) in [6.45, 7) is 1.91. The van der Waals surface area contributed by atoms with Gasteiger partial charge >= 0.3 is 4.87 Å². The minimum atomic E-state index is -0.375. The number of carbonyl (C=O) groups excluding carboxylic acids is 2. The van der Waals surface area contributed by atoms with E-state index in [1.165, 1.54) is 10.8 Å². The van der Waals surface area contributed by atoms with Crippen molar-refractivity contribution in [2.75, 3.05) is 5.32 Å². The van der Waals surface area contributed by atoms with E-state index in [1.807, 2.05) is 0 Å². The van der Waals surface area contributed by atoms with E-state index in [9.17, 15) is 14.4 Å². The Balaban J connectivity index is 1.69. The molecule has 0 radical (unpaired) electrons. The van der Waals surface area contributed by atoms with Crippen LogP contribution in [0.15, 0.2) is 57.3 Å². The summed E-state index contributed by atoms with van der Waals surface area (Å²) in [6, 6.07) is 10.2. The van der Waals surface area contributed by atoms with Crippen LogP contribution in [0, 0.1) is 6.92 Å². The van der Waals surface area contributed by atoms with Crippen molar-refractivity contribution in [1.29, 1.82) is 0 Å². The van der Waals surface area contributed by atoms with Crippen LogP contribution in [0.4, 0.5) is 5.69 Å². The van der Waals surface area contributed by atoms with Gasteiger partial charge in [-0.05, 0) is 31.2 Å². The molecule has 0 atom stereocenters. The Morgan fingerprint density at radius 2 is 2.00 bits per heavy atom. The molecule has 0 aliphatic carbocycles. The molecule has 7 nitrogen and oxygen atoms in total. The van der Waals surface area contributed by atoms with Crippen LogP contribution < -0.4 is 15.5 Å². The Morgan fingerprint density at radius 1 is 1.19 bits per heavy atom. The lowest BCUT2D eigenvalue weighted by atomic mass is 10.1. The summed E-state index contributed by atoms with van der Waals surface area (Å²) in [5, 5.41) is 7.14. The van der Waals surface area contributed by atoms with Crippen molar-refractivity contribution in [2.24, 2.45) is 0 Å². The molecule has 2 aromatic heterocycles. The number of rotatable bonds is 6. The third-order valence-electron chi connectivity index (χ3n) is 3.73. The molecule has 0 unspecified atom stereocenters. The predicted octanol–water partition coefficient (Wildman–Crippen LogP) is 2.38. The second kappa shape index (κ2) is 7.83. The number of aryl methyl sites for hydroxylation is 1. The Kier molecular flexibility index (Phi) is 5.33. The Morgan fingerprint density at radius 3 is 2.69 bits per heavy atom. The van der Waals surface area contributed by atoms with E-state index in [0.717, 1.165) is 17.0 Å². The molecule has 0 bridgehead atoms. The first-order valence-corrected chi connectivity index (χ1v) is 8.77. The smallest absolute Gasteiger partial charge is 0.307 e. The van der Waals surface area contributed by atoms with Gasteiger partial charge in [-0.15, -0.1) is 0 Å². The first kappa shape index (κ1) is 17.7. The zero-order chi connectivity index (χ0) is 18.5. The highest BCUT2D eigenvalue weighted by Gasteiger charge is 2.14. The molecule has 0 fully saturated rings. The number of nitrogens with one attached hydrogen (secondary N) is 2. The van der Waals surface area contributed by atoms with Crippen molar-refractivity contribution in [1.82, 2.24) is 9.88 Å². The number of thiazole rings is 1. The first-order chi connectivity index (χ1) is 12.5. The number of benzene rings is 1. The third kappa shape index (κ3) is 4.09. The van der Waals surface area contributed by atoms with E-state index >= 15 is 0 Å². The van der Waals surface area contributed by atoms with Gasteiger partial charge in [0, 0.05) is 11.1 Å². The molecule has 8 heteroatoms. The molecule has 0 saturated heterocycles. The van der Waals surface area contributed by atoms with Gasteiger partial charge in [0.25, 0.3) is 5.91 Å². The van der Waals surface area contributed by atoms with E-state index in [4.69, 9.17) is 4.42 Å². The predicted molar refractivity (Wildman–Crippen MR) is 98.3 cm³/mol. The second-order valence-electron chi connectivity index (χ2n) is 5.58. The highest BCUT2D eigenvalue weighted by Crippen LogP contribution is 2.15. The van der Waals surface area contributed by atoms with Crippen LogP contribution in [-0.2, 0) is 17.9 Å². The number of hydrogen-bond acceptors (Lipinski definition) is 5. The van der Waals surface area contributed by atoms with Gasteiger partial charge < -0.3 is 15.1 Å². The maximum Gasteiger partial charge on any atom is 0.307 e. The SMILES string of the molecule is Cc1csc(=O)n1CC(=O)Nc1ccccc1C(=O)NCc1ccco1. The van der Waals surface area contributed by atoms with Gasteiger partial charge in [0.15, 0.2) is 0 Å². The summed E-state index contributed by atoms with van der Waals surface area (Å²) in [4.78, 5) is 36.2. The topological polar surface area (TPSA) is 93.3 Å². The minimum Gasteiger partial charge on any atom is -0.467 e. The van der Waals surface area contributed by atoms with Crippen LogP contribution >= 0.6 is 11.3 Å². The van der Waals surface area contributed by atoms with Gasteiger partial charge in [-0.1, -0.05) is 23.5 Å². The number of hydrogen-bond donors (Lipinski definition) is 2. The number of amides is 2. The fourth-order valence-corrected chi connectivity index (χ4v) is 3.13. The maximum atomic E-state index is 12.4. The molecule has 1 aromatic carbocycles. The first-order valence-electron chi connectivity index (χ1n) is 7.89. The van der Waals surface area contributed by atoms with Crippen LogP contribution in [0.1, 0.15) is 21.8 Å².